The van der Waals surface area contributed by atoms with Gasteiger partial charge in [0, 0.05) is 11.8 Å². The predicted molar refractivity (Wildman–Crippen MR) is 60.8 cm³/mol. The number of rotatable bonds is 4. The predicted octanol–water partition coefficient (Wildman–Crippen LogP) is 1.41. The quantitative estimate of drug-likeness (QED) is 0.780. The Morgan fingerprint density at radius 1 is 1.62 bits per heavy atom. The second kappa shape index (κ2) is 5.07. The summed E-state index contributed by atoms with van der Waals surface area (Å²) in [4.78, 5) is 16.1. The first-order chi connectivity index (χ1) is 7.81. The van der Waals surface area contributed by atoms with E-state index in [-0.39, 0.29) is 11.8 Å². The van der Waals surface area contributed by atoms with Crippen LogP contribution in [0.15, 0.2) is 18.5 Å². The fourth-order valence-electron chi connectivity index (χ4n) is 1.91. The Kier molecular flexibility index (Phi) is 3.51. The number of hydrogen-bond donors (Lipinski definition) is 1. The normalized spacial score (nSPS) is 19.7. The number of hydrogen-bond acceptors (Lipinski definition) is 4. The van der Waals surface area contributed by atoms with Crippen LogP contribution in [0.5, 0.6) is 5.75 Å². The van der Waals surface area contributed by atoms with Gasteiger partial charge in [-0.2, -0.15) is 0 Å². The van der Waals surface area contributed by atoms with Crippen molar-refractivity contribution < 1.29 is 9.53 Å². The van der Waals surface area contributed by atoms with E-state index >= 15 is 0 Å². The van der Waals surface area contributed by atoms with Crippen LogP contribution in [0.3, 0.4) is 0 Å². The van der Waals surface area contributed by atoms with Gasteiger partial charge in [-0.25, -0.2) is 0 Å². The minimum absolute atomic E-state index is 0.0429. The van der Waals surface area contributed by atoms with Gasteiger partial charge in [0.2, 0.25) is 0 Å². The fraction of sp³-hybridized carbons (Fsp3) is 0.500. The fourth-order valence-corrected chi connectivity index (χ4v) is 1.91. The van der Waals surface area contributed by atoms with Gasteiger partial charge in [-0.3, -0.25) is 9.78 Å². The van der Waals surface area contributed by atoms with Crippen molar-refractivity contribution in [3.05, 3.63) is 24.0 Å². The summed E-state index contributed by atoms with van der Waals surface area (Å²) in [5.74, 6) is 0.776. The highest BCUT2D eigenvalue weighted by Crippen LogP contribution is 2.16. The summed E-state index contributed by atoms with van der Waals surface area (Å²) in [7, 11) is 0. The van der Waals surface area contributed by atoms with E-state index in [2.05, 4.69) is 10.3 Å². The Morgan fingerprint density at radius 3 is 3.19 bits per heavy atom. The van der Waals surface area contributed by atoms with Crippen LogP contribution in [0.1, 0.15) is 30.1 Å². The van der Waals surface area contributed by atoms with Crippen LogP contribution in [-0.4, -0.2) is 30.0 Å². The van der Waals surface area contributed by atoms with Crippen LogP contribution in [0.25, 0.3) is 0 Å². The van der Waals surface area contributed by atoms with Gasteiger partial charge in [0.25, 0.3) is 0 Å². The van der Waals surface area contributed by atoms with Gasteiger partial charge in [0.15, 0.2) is 5.78 Å². The van der Waals surface area contributed by atoms with E-state index in [4.69, 9.17) is 4.74 Å². The van der Waals surface area contributed by atoms with Gasteiger partial charge >= 0.3 is 0 Å². The largest absolute Gasteiger partial charge is 0.492 e. The first-order valence-corrected chi connectivity index (χ1v) is 5.66. The molecule has 1 unspecified atom stereocenters. The molecule has 0 aliphatic carbocycles. The maximum Gasteiger partial charge on any atom is 0.181 e. The second-order valence-electron chi connectivity index (χ2n) is 3.86. The lowest BCUT2D eigenvalue weighted by Gasteiger charge is -2.09. The van der Waals surface area contributed by atoms with Crippen LogP contribution in [0.4, 0.5) is 0 Å². The van der Waals surface area contributed by atoms with E-state index in [1.165, 1.54) is 0 Å². The average molecular weight is 220 g/mol. The van der Waals surface area contributed by atoms with Gasteiger partial charge in [0.05, 0.1) is 18.8 Å². The summed E-state index contributed by atoms with van der Waals surface area (Å²) in [5.41, 5.74) is 0.630. The summed E-state index contributed by atoms with van der Waals surface area (Å²) in [6.07, 6.45) is 5.21. The van der Waals surface area contributed by atoms with Crippen molar-refractivity contribution in [2.75, 3.05) is 13.2 Å². The van der Waals surface area contributed by atoms with Gasteiger partial charge in [-0.05, 0) is 32.4 Å². The number of ether oxygens (including phenoxy) is 1. The highest BCUT2D eigenvalue weighted by atomic mass is 16.5. The van der Waals surface area contributed by atoms with E-state index in [0.29, 0.717) is 17.9 Å². The Hall–Kier alpha value is -1.42. The van der Waals surface area contributed by atoms with E-state index < -0.39 is 0 Å². The van der Waals surface area contributed by atoms with Crippen molar-refractivity contribution in [3.63, 3.8) is 0 Å². The number of nitrogens with one attached hydrogen (secondary N) is 1. The molecule has 0 saturated carbocycles. The van der Waals surface area contributed by atoms with Crippen LogP contribution in [0, 0.1) is 0 Å². The summed E-state index contributed by atoms with van der Waals surface area (Å²) in [6.45, 7) is 3.42. The van der Waals surface area contributed by atoms with Crippen molar-refractivity contribution in [3.8, 4) is 5.75 Å². The number of nitrogens with zero attached hydrogens (tertiary/aromatic N) is 1. The molecule has 1 aromatic rings. The molecule has 0 spiro atoms. The second-order valence-corrected chi connectivity index (χ2v) is 3.86. The maximum absolute atomic E-state index is 12.0. The van der Waals surface area contributed by atoms with E-state index in [1.807, 2.05) is 6.92 Å². The number of pyridine rings is 1. The maximum atomic E-state index is 12.0. The molecule has 86 valence electrons. The number of Topliss-reactive ketones (excluding diaryl/α,β-unsaturated/α-hetero) is 1. The molecular weight excluding hydrogens is 204 g/mol. The third kappa shape index (κ3) is 2.39. The van der Waals surface area contributed by atoms with Crippen LogP contribution in [-0.2, 0) is 0 Å². The first kappa shape index (κ1) is 11.1. The standard InChI is InChI=1S/C12H16N2O2/c1-2-16-10-6-9(7-13-8-10)12(15)11-4-3-5-14-11/h6-8,11,14H,2-5H2,1H3. The molecule has 1 N–H and O–H groups in total. The molecule has 1 saturated heterocycles. The first-order valence-electron chi connectivity index (χ1n) is 5.66. The topological polar surface area (TPSA) is 51.2 Å². The van der Waals surface area contributed by atoms with Crippen molar-refractivity contribution in [2.45, 2.75) is 25.8 Å². The molecule has 2 rings (SSSR count). The summed E-state index contributed by atoms with van der Waals surface area (Å²) in [5, 5.41) is 3.19. The highest BCUT2D eigenvalue weighted by molar-refractivity contribution is 6.00. The molecule has 1 aromatic heterocycles. The van der Waals surface area contributed by atoms with Crippen molar-refractivity contribution in [1.82, 2.24) is 10.3 Å². The molecule has 0 aromatic carbocycles. The third-order valence-corrected chi connectivity index (χ3v) is 2.69. The van der Waals surface area contributed by atoms with Gasteiger partial charge in [0.1, 0.15) is 5.75 Å². The molecule has 0 radical (unpaired) electrons. The van der Waals surface area contributed by atoms with E-state index in [1.54, 1.807) is 18.5 Å². The summed E-state index contributed by atoms with van der Waals surface area (Å²) in [6, 6.07) is 1.72. The number of aromatic nitrogens is 1. The minimum atomic E-state index is -0.0429. The highest BCUT2D eigenvalue weighted by Gasteiger charge is 2.23. The molecule has 16 heavy (non-hydrogen) atoms. The lowest BCUT2D eigenvalue weighted by atomic mass is 10.0. The monoisotopic (exact) mass is 220 g/mol. The van der Waals surface area contributed by atoms with Crippen LogP contribution in [0.2, 0.25) is 0 Å². The Labute approximate surface area is 95.0 Å². The molecule has 2 heterocycles. The SMILES string of the molecule is CCOc1cncc(C(=O)C2CCCN2)c1. The zero-order valence-corrected chi connectivity index (χ0v) is 9.40. The lowest BCUT2D eigenvalue weighted by molar-refractivity contribution is 0.0951. The minimum Gasteiger partial charge on any atom is -0.492 e. The Balaban J connectivity index is 2.12. The molecular formula is C12H16N2O2. The van der Waals surface area contributed by atoms with Gasteiger partial charge in [-0.1, -0.05) is 0 Å². The van der Waals surface area contributed by atoms with Crippen LogP contribution < -0.4 is 10.1 Å². The molecule has 1 atom stereocenters. The zero-order valence-electron chi connectivity index (χ0n) is 9.40. The van der Waals surface area contributed by atoms with Gasteiger partial charge in [-0.15, -0.1) is 0 Å². The number of ketones is 1. The Bertz CT molecular complexity index is 373. The van der Waals surface area contributed by atoms with Gasteiger partial charge < -0.3 is 10.1 Å². The molecule has 1 fully saturated rings. The molecule has 0 bridgehead atoms. The Morgan fingerprint density at radius 2 is 2.50 bits per heavy atom. The number of carbonyl (C=O) groups is 1. The molecule has 4 nitrogen and oxygen atoms in total. The van der Waals surface area contributed by atoms with Crippen LogP contribution >= 0.6 is 0 Å². The smallest absolute Gasteiger partial charge is 0.181 e. The molecule has 1 aliphatic heterocycles. The zero-order chi connectivity index (χ0) is 11.4. The number of carbonyl (C=O) groups excluding carboxylic acids is 1. The molecule has 0 amide bonds. The van der Waals surface area contributed by atoms with E-state index in [9.17, 15) is 4.79 Å². The van der Waals surface area contributed by atoms with Crippen molar-refractivity contribution in [2.24, 2.45) is 0 Å². The average Bonchev–Trinajstić information content (AvgIpc) is 2.82. The van der Waals surface area contributed by atoms with Crippen molar-refractivity contribution >= 4 is 5.78 Å². The summed E-state index contributed by atoms with van der Waals surface area (Å²) < 4.78 is 5.32. The molecule has 4 heteroatoms. The van der Waals surface area contributed by atoms with E-state index in [0.717, 1.165) is 19.4 Å². The molecule has 1 aliphatic rings. The lowest BCUT2D eigenvalue weighted by Crippen LogP contribution is -2.30. The third-order valence-electron chi connectivity index (χ3n) is 2.69. The van der Waals surface area contributed by atoms with Crippen molar-refractivity contribution in [1.29, 1.82) is 0 Å². The summed E-state index contributed by atoms with van der Waals surface area (Å²) >= 11 is 0.